The lowest BCUT2D eigenvalue weighted by atomic mass is 10.1. The predicted octanol–water partition coefficient (Wildman–Crippen LogP) is 3.87. The lowest BCUT2D eigenvalue weighted by Crippen LogP contribution is -2.06. The summed E-state index contributed by atoms with van der Waals surface area (Å²) in [6, 6.07) is 5.25. The monoisotopic (exact) mass is 252 g/mol. The molecule has 2 aromatic rings. The lowest BCUT2D eigenvalue weighted by molar-refractivity contribution is 0.103. The van der Waals surface area contributed by atoms with Crippen molar-refractivity contribution in [2.45, 2.75) is 13.8 Å². The first-order valence-electron chi connectivity index (χ1n) is 5.06. The molecule has 0 saturated carbocycles. The van der Waals surface area contributed by atoms with Crippen LogP contribution in [0.25, 0.3) is 0 Å². The Morgan fingerprint density at radius 3 is 2.24 bits per heavy atom. The van der Waals surface area contributed by atoms with E-state index in [1.165, 1.54) is 17.4 Å². The van der Waals surface area contributed by atoms with Gasteiger partial charge in [-0.25, -0.2) is 8.78 Å². The maximum atomic E-state index is 13.5. The van der Waals surface area contributed by atoms with Crippen molar-refractivity contribution >= 4 is 17.1 Å². The molecule has 0 bridgehead atoms. The summed E-state index contributed by atoms with van der Waals surface area (Å²) in [5.41, 5.74) is 0.276. The molecule has 0 aliphatic heterocycles. The van der Waals surface area contributed by atoms with Crippen LogP contribution in [0.15, 0.2) is 24.3 Å². The molecule has 0 saturated heterocycles. The molecule has 0 spiro atoms. The molecule has 0 aliphatic carbocycles. The minimum Gasteiger partial charge on any atom is -0.287 e. The van der Waals surface area contributed by atoms with Crippen molar-refractivity contribution in [3.63, 3.8) is 0 Å². The van der Waals surface area contributed by atoms with Gasteiger partial charge in [-0.1, -0.05) is 6.07 Å². The van der Waals surface area contributed by atoms with Crippen LogP contribution in [-0.2, 0) is 0 Å². The van der Waals surface area contributed by atoms with Crippen LogP contribution in [0.1, 0.15) is 25.7 Å². The van der Waals surface area contributed by atoms with Crippen molar-refractivity contribution in [1.82, 2.24) is 0 Å². The van der Waals surface area contributed by atoms with Crippen LogP contribution in [0.5, 0.6) is 0 Å². The number of halogens is 2. The van der Waals surface area contributed by atoms with Crippen molar-refractivity contribution in [2.75, 3.05) is 0 Å². The zero-order valence-electron chi connectivity index (χ0n) is 9.38. The molecule has 0 fully saturated rings. The summed E-state index contributed by atoms with van der Waals surface area (Å²) in [5.74, 6) is -2.22. The quantitative estimate of drug-likeness (QED) is 0.741. The average Bonchev–Trinajstić information content (AvgIpc) is 2.57. The number of benzene rings is 1. The third kappa shape index (κ3) is 2.13. The van der Waals surface area contributed by atoms with Gasteiger partial charge in [-0.3, -0.25) is 4.79 Å². The SMILES string of the molecule is Cc1cc(C)c(C(=O)c2c(F)cccc2F)s1. The van der Waals surface area contributed by atoms with Gasteiger partial charge in [0.1, 0.15) is 11.6 Å². The van der Waals surface area contributed by atoms with E-state index in [2.05, 4.69) is 0 Å². The molecule has 1 nitrogen and oxygen atoms in total. The number of thiophene rings is 1. The fraction of sp³-hybridized carbons (Fsp3) is 0.154. The van der Waals surface area contributed by atoms with E-state index in [0.717, 1.165) is 22.6 Å². The zero-order valence-corrected chi connectivity index (χ0v) is 10.2. The Hall–Kier alpha value is -1.55. The van der Waals surface area contributed by atoms with Crippen LogP contribution in [0.3, 0.4) is 0 Å². The van der Waals surface area contributed by atoms with E-state index in [9.17, 15) is 13.6 Å². The molecular formula is C13H10F2OS. The van der Waals surface area contributed by atoms with E-state index >= 15 is 0 Å². The predicted molar refractivity (Wildman–Crippen MR) is 63.6 cm³/mol. The molecule has 0 atom stereocenters. The molecule has 0 amide bonds. The molecule has 4 heteroatoms. The van der Waals surface area contributed by atoms with Crippen molar-refractivity contribution in [3.8, 4) is 0 Å². The summed E-state index contributed by atoms with van der Waals surface area (Å²) < 4.78 is 26.9. The Labute approximate surface area is 102 Å². The summed E-state index contributed by atoms with van der Waals surface area (Å²) in [7, 11) is 0. The number of hydrogen-bond acceptors (Lipinski definition) is 2. The number of carbonyl (C=O) groups is 1. The molecular weight excluding hydrogens is 242 g/mol. The summed E-state index contributed by atoms with van der Waals surface area (Å²) in [4.78, 5) is 13.4. The Balaban J connectivity index is 2.55. The minimum absolute atomic E-state index is 0.395. The largest absolute Gasteiger partial charge is 0.287 e. The molecule has 88 valence electrons. The smallest absolute Gasteiger partial charge is 0.209 e. The summed E-state index contributed by atoms with van der Waals surface area (Å²) in [5, 5.41) is 0. The molecule has 1 aromatic carbocycles. The van der Waals surface area contributed by atoms with Crippen LogP contribution in [-0.4, -0.2) is 5.78 Å². The summed E-state index contributed by atoms with van der Waals surface area (Å²) in [6.45, 7) is 3.61. The standard InChI is InChI=1S/C13H10F2OS/c1-7-6-8(2)17-13(7)12(16)11-9(14)4-3-5-10(11)15/h3-6H,1-2H3. The highest BCUT2D eigenvalue weighted by atomic mass is 32.1. The molecule has 0 unspecified atom stereocenters. The zero-order chi connectivity index (χ0) is 12.6. The van der Waals surface area contributed by atoms with E-state index in [-0.39, 0.29) is 0 Å². The highest BCUT2D eigenvalue weighted by Crippen LogP contribution is 2.26. The van der Waals surface area contributed by atoms with Gasteiger partial charge in [0.25, 0.3) is 0 Å². The van der Waals surface area contributed by atoms with Crippen molar-refractivity contribution < 1.29 is 13.6 Å². The topological polar surface area (TPSA) is 17.1 Å². The Kier molecular flexibility index (Phi) is 3.07. The minimum atomic E-state index is -0.819. The van der Waals surface area contributed by atoms with Gasteiger partial charge in [0.2, 0.25) is 5.78 Å². The normalized spacial score (nSPS) is 10.6. The van der Waals surface area contributed by atoms with Crippen molar-refractivity contribution in [1.29, 1.82) is 0 Å². The van der Waals surface area contributed by atoms with Crippen LogP contribution >= 0.6 is 11.3 Å². The summed E-state index contributed by atoms with van der Waals surface area (Å²) in [6.07, 6.45) is 0. The highest BCUT2D eigenvalue weighted by Gasteiger charge is 2.21. The first-order valence-corrected chi connectivity index (χ1v) is 5.88. The second-order valence-corrected chi connectivity index (χ2v) is 5.05. The number of rotatable bonds is 2. The van der Waals surface area contributed by atoms with Crippen LogP contribution < -0.4 is 0 Å². The Morgan fingerprint density at radius 2 is 1.76 bits per heavy atom. The van der Waals surface area contributed by atoms with Gasteiger partial charge in [0.05, 0.1) is 10.4 Å². The molecule has 17 heavy (non-hydrogen) atoms. The maximum absolute atomic E-state index is 13.5. The van der Waals surface area contributed by atoms with Gasteiger partial charge in [-0.05, 0) is 37.6 Å². The van der Waals surface area contributed by atoms with Crippen LogP contribution in [0.4, 0.5) is 8.78 Å². The van der Waals surface area contributed by atoms with E-state index in [0.29, 0.717) is 4.88 Å². The highest BCUT2D eigenvalue weighted by molar-refractivity contribution is 7.14. The van der Waals surface area contributed by atoms with Crippen molar-refractivity contribution in [2.24, 2.45) is 0 Å². The third-order valence-electron chi connectivity index (χ3n) is 2.44. The van der Waals surface area contributed by atoms with Gasteiger partial charge in [0, 0.05) is 4.88 Å². The fourth-order valence-corrected chi connectivity index (χ4v) is 2.67. The lowest BCUT2D eigenvalue weighted by Gasteiger charge is -2.03. The Morgan fingerprint density at radius 1 is 1.18 bits per heavy atom. The Bertz CT molecular complexity index is 567. The average molecular weight is 252 g/mol. The maximum Gasteiger partial charge on any atom is 0.209 e. The molecule has 1 aromatic heterocycles. The number of ketones is 1. The van der Waals surface area contributed by atoms with Crippen molar-refractivity contribution in [3.05, 3.63) is 56.8 Å². The molecule has 0 radical (unpaired) electrons. The number of carbonyl (C=O) groups excluding carboxylic acids is 1. The van der Waals surface area contributed by atoms with E-state index < -0.39 is 23.0 Å². The number of hydrogen-bond donors (Lipinski definition) is 0. The fourth-order valence-electron chi connectivity index (χ4n) is 1.70. The molecule has 2 rings (SSSR count). The molecule has 1 heterocycles. The van der Waals surface area contributed by atoms with Gasteiger partial charge in [-0.15, -0.1) is 11.3 Å². The van der Waals surface area contributed by atoms with E-state index in [4.69, 9.17) is 0 Å². The van der Waals surface area contributed by atoms with E-state index in [1.807, 2.05) is 13.0 Å². The van der Waals surface area contributed by atoms with Gasteiger partial charge >= 0.3 is 0 Å². The van der Waals surface area contributed by atoms with E-state index in [1.54, 1.807) is 6.92 Å². The first kappa shape index (κ1) is 11.9. The van der Waals surface area contributed by atoms with Gasteiger partial charge in [-0.2, -0.15) is 0 Å². The second-order valence-electron chi connectivity index (χ2n) is 3.79. The molecule has 0 N–H and O–H groups in total. The van der Waals surface area contributed by atoms with Crippen LogP contribution in [0.2, 0.25) is 0 Å². The first-order chi connectivity index (χ1) is 8.00. The number of aryl methyl sites for hydroxylation is 2. The molecule has 0 aliphatic rings. The van der Waals surface area contributed by atoms with Crippen LogP contribution in [0, 0.1) is 25.5 Å². The second kappa shape index (κ2) is 4.37. The third-order valence-corrected chi connectivity index (χ3v) is 3.59. The van der Waals surface area contributed by atoms with Gasteiger partial charge in [0.15, 0.2) is 0 Å². The summed E-state index contributed by atoms with van der Waals surface area (Å²) >= 11 is 1.25. The van der Waals surface area contributed by atoms with Gasteiger partial charge < -0.3 is 0 Å².